The summed E-state index contributed by atoms with van der Waals surface area (Å²) in [7, 11) is 1.70. The predicted molar refractivity (Wildman–Crippen MR) is 115 cm³/mol. The Hall–Kier alpha value is -2.45. The molecule has 0 fully saturated rings. The highest BCUT2D eigenvalue weighted by molar-refractivity contribution is 5.18. The third-order valence-corrected chi connectivity index (χ3v) is 5.13. The lowest BCUT2D eigenvalue weighted by molar-refractivity contribution is -0.917. The topological polar surface area (TPSA) is 61.2 Å². The number of hydrogen-bond acceptors (Lipinski definition) is 4. The van der Waals surface area contributed by atoms with Crippen LogP contribution in [-0.2, 0) is 29.2 Å². The van der Waals surface area contributed by atoms with Gasteiger partial charge in [-0.3, -0.25) is 0 Å². The highest BCUT2D eigenvalue weighted by Gasteiger charge is 2.18. The zero-order valence-corrected chi connectivity index (χ0v) is 18.0. The molecule has 0 aliphatic rings. The SMILES string of the molecule is COCCC[NH+](Cc1cccn1Cc1cccc(F)c1)C[C@@H](O)COCc1ccco1. The average Bonchev–Trinajstić information content (AvgIpc) is 3.41. The zero-order valence-electron chi connectivity index (χ0n) is 18.0. The molecule has 2 N–H and O–H groups in total. The van der Waals surface area contributed by atoms with E-state index < -0.39 is 6.10 Å². The monoisotopic (exact) mass is 431 g/mol. The van der Waals surface area contributed by atoms with Crippen LogP contribution in [0, 0.1) is 5.82 Å². The molecule has 1 unspecified atom stereocenters. The number of furan rings is 1. The fourth-order valence-electron chi connectivity index (χ4n) is 3.66. The Morgan fingerprint density at radius 3 is 2.87 bits per heavy atom. The lowest BCUT2D eigenvalue weighted by Gasteiger charge is -2.23. The molecule has 0 aliphatic heterocycles. The van der Waals surface area contributed by atoms with Gasteiger partial charge < -0.3 is 28.5 Å². The maximum absolute atomic E-state index is 13.5. The second-order valence-electron chi connectivity index (χ2n) is 7.73. The van der Waals surface area contributed by atoms with Gasteiger partial charge in [-0.15, -0.1) is 0 Å². The van der Waals surface area contributed by atoms with Crippen LogP contribution < -0.4 is 4.90 Å². The molecule has 6 nitrogen and oxygen atoms in total. The number of nitrogens with zero attached hydrogens (tertiary/aromatic N) is 1. The number of nitrogens with one attached hydrogen (secondary N) is 1. The smallest absolute Gasteiger partial charge is 0.129 e. The summed E-state index contributed by atoms with van der Waals surface area (Å²) >= 11 is 0. The maximum Gasteiger partial charge on any atom is 0.129 e. The molecule has 7 heteroatoms. The standard InChI is InChI=1S/C24H31FN2O4/c1-29-12-5-10-26(17-23(28)18-30-19-24-9-4-13-31-24)16-22-8-3-11-27(22)15-20-6-2-7-21(25)14-20/h2-4,6-9,11,13-14,23,28H,5,10,12,15-19H2,1H3/p+1/t23-/m1/s1. The fraction of sp³-hybridized carbons (Fsp3) is 0.417. The zero-order chi connectivity index (χ0) is 21.9. The Labute approximate surface area is 182 Å². The van der Waals surface area contributed by atoms with E-state index in [9.17, 15) is 9.50 Å². The van der Waals surface area contributed by atoms with Gasteiger partial charge in [0.1, 0.15) is 37.4 Å². The van der Waals surface area contributed by atoms with Crippen molar-refractivity contribution < 1.29 is 28.3 Å². The Morgan fingerprint density at radius 2 is 2.10 bits per heavy atom. The first-order chi connectivity index (χ1) is 15.1. The summed E-state index contributed by atoms with van der Waals surface area (Å²) in [4.78, 5) is 1.24. The first kappa shape index (κ1) is 23.2. The molecule has 3 rings (SSSR count). The van der Waals surface area contributed by atoms with Crippen molar-refractivity contribution in [2.24, 2.45) is 0 Å². The number of rotatable bonds is 14. The molecule has 0 spiro atoms. The van der Waals surface area contributed by atoms with Crippen molar-refractivity contribution in [2.45, 2.75) is 32.2 Å². The number of ether oxygens (including phenoxy) is 2. The van der Waals surface area contributed by atoms with Crippen LogP contribution >= 0.6 is 0 Å². The van der Waals surface area contributed by atoms with Gasteiger partial charge >= 0.3 is 0 Å². The second kappa shape index (κ2) is 12.4. The van der Waals surface area contributed by atoms with Crippen LogP contribution in [0.1, 0.15) is 23.4 Å². The van der Waals surface area contributed by atoms with Gasteiger partial charge in [-0.2, -0.15) is 0 Å². The number of aliphatic hydroxyl groups is 1. The number of aliphatic hydroxyl groups excluding tert-OH is 1. The highest BCUT2D eigenvalue weighted by atomic mass is 19.1. The summed E-state index contributed by atoms with van der Waals surface area (Å²) in [5.41, 5.74) is 2.06. The fourth-order valence-corrected chi connectivity index (χ4v) is 3.66. The van der Waals surface area contributed by atoms with Crippen LogP contribution in [0.3, 0.4) is 0 Å². The van der Waals surface area contributed by atoms with Gasteiger partial charge in [0.2, 0.25) is 0 Å². The Balaban J connectivity index is 1.56. The van der Waals surface area contributed by atoms with E-state index in [0.29, 0.717) is 26.3 Å². The maximum atomic E-state index is 13.5. The third kappa shape index (κ3) is 7.95. The first-order valence-corrected chi connectivity index (χ1v) is 10.6. The Kier molecular flexibility index (Phi) is 9.30. The van der Waals surface area contributed by atoms with Crippen molar-refractivity contribution in [3.63, 3.8) is 0 Å². The van der Waals surface area contributed by atoms with Crippen LogP contribution in [0.2, 0.25) is 0 Å². The van der Waals surface area contributed by atoms with Crippen molar-refractivity contribution in [2.75, 3.05) is 33.4 Å². The number of hydrogen-bond donors (Lipinski definition) is 2. The molecular formula is C24H32FN2O4+. The molecule has 0 saturated heterocycles. The Morgan fingerprint density at radius 1 is 1.19 bits per heavy atom. The highest BCUT2D eigenvalue weighted by Crippen LogP contribution is 2.09. The van der Waals surface area contributed by atoms with Gasteiger partial charge in [0.25, 0.3) is 0 Å². The first-order valence-electron chi connectivity index (χ1n) is 10.6. The minimum absolute atomic E-state index is 0.226. The van der Waals surface area contributed by atoms with E-state index >= 15 is 0 Å². The van der Waals surface area contributed by atoms with Gasteiger partial charge in [-0.25, -0.2) is 4.39 Å². The number of aromatic nitrogens is 1. The number of benzene rings is 1. The van der Waals surface area contributed by atoms with Gasteiger partial charge in [0.05, 0.1) is 31.7 Å². The molecule has 1 aromatic carbocycles. The molecule has 0 aliphatic carbocycles. The van der Waals surface area contributed by atoms with Gasteiger partial charge in [0.15, 0.2) is 0 Å². The number of halogens is 1. The van der Waals surface area contributed by atoms with Crippen LogP contribution in [0.25, 0.3) is 0 Å². The summed E-state index contributed by atoms with van der Waals surface area (Å²) < 4.78 is 31.7. The van der Waals surface area contributed by atoms with Crippen LogP contribution in [0.4, 0.5) is 4.39 Å². The quantitative estimate of drug-likeness (QED) is 0.385. The van der Waals surface area contributed by atoms with Crippen molar-refractivity contribution in [1.29, 1.82) is 0 Å². The van der Waals surface area contributed by atoms with E-state index in [4.69, 9.17) is 13.9 Å². The van der Waals surface area contributed by atoms with Crippen LogP contribution in [-0.4, -0.2) is 49.2 Å². The van der Waals surface area contributed by atoms with E-state index in [1.165, 1.54) is 11.0 Å². The minimum atomic E-state index is -0.584. The molecule has 0 amide bonds. The number of methoxy groups -OCH3 is 1. The molecule has 2 atom stereocenters. The van der Waals surface area contributed by atoms with Gasteiger partial charge in [-0.1, -0.05) is 12.1 Å². The van der Waals surface area contributed by atoms with Gasteiger partial charge in [-0.05, 0) is 42.0 Å². The molecule has 0 radical (unpaired) electrons. The van der Waals surface area contributed by atoms with Gasteiger partial charge in [0, 0.05) is 26.3 Å². The summed E-state index contributed by atoms with van der Waals surface area (Å²) in [5, 5.41) is 10.5. The summed E-state index contributed by atoms with van der Waals surface area (Å²) in [6.45, 7) is 4.07. The predicted octanol–water partition coefficient (Wildman–Crippen LogP) is 2.27. The molecule has 31 heavy (non-hydrogen) atoms. The molecular weight excluding hydrogens is 399 g/mol. The van der Waals surface area contributed by atoms with Crippen molar-refractivity contribution in [3.05, 3.63) is 83.8 Å². The van der Waals surface area contributed by atoms with E-state index in [-0.39, 0.29) is 12.4 Å². The number of quaternary nitrogens is 1. The molecule has 2 heterocycles. The summed E-state index contributed by atoms with van der Waals surface area (Å²) in [6.07, 6.45) is 3.93. The molecule has 0 saturated carbocycles. The van der Waals surface area contributed by atoms with Crippen molar-refractivity contribution >= 4 is 0 Å². The minimum Gasteiger partial charge on any atom is -0.467 e. The van der Waals surface area contributed by atoms with Crippen LogP contribution in [0.15, 0.2) is 65.4 Å². The van der Waals surface area contributed by atoms with E-state index in [1.54, 1.807) is 25.5 Å². The van der Waals surface area contributed by atoms with Crippen LogP contribution in [0.5, 0.6) is 0 Å². The second-order valence-corrected chi connectivity index (χ2v) is 7.73. The average molecular weight is 432 g/mol. The molecule has 3 aromatic rings. The normalized spacial score (nSPS) is 13.4. The lowest BCUT2D eigenvalue weighted by atomic mass is 10.2. The third-order valence-electron chi connectivity index (χ3n) is 5.13. The van der Waals surface area contributed by atoms with E-state index in [0.717, 1.165) is 36.5 Å². The molecule has 0 bridgehead atoms. The van der Waals surface area contributed by atoms with Crippen molar-refractivity contribution in [3.8, 4) is 0 Å². The molecule has 168 valence electrons. The summed E-state index contributed by atoms with van der Waals surface area (Å²) in [6, 6.07) is 14.4. The molecule has 2 aromatic heterocycles. The summed E-state index contributed by atoms with van der Waals surface area (Å²) in [5.74, 6) is 0.516. The largest absolute Gasteiger partial charge is 0.467 e. The Bertz CT molecular complexity index is 881. The van der Waals surface area contributed by atoms with E-state index in [1.807, 2.05) is 30.5 Å². The van der Waals surface area contributed by atoms with Crippen molar-refractivity contribution in [1.82, 2.24) is 4.57 Å². The lowest BCUT2D eigenvalue weighted by Crippen LogP contribution is -3.12. The van der Waals surface area contributed by atoms with E-state index in [2.05, 4.69) is 10.6 Å².